The summed E-state index contributed by atoms with van der Waals surface area (Å²) in [5.74, 6) is 1.37. The molecule has 2 nitrogen and oxygen atoms in total. The quantitative estimate of drug-likeness (QED) is 0.726. The Morgan fingerprint density at radius 3 is 2.31 bits per heavy atom. The second-order valence-electron chi connectivity index (χ2n) is 4.43. The lowest BCUT2D eigenvalue weighted by Crippen LogP contribution is -2.17. The highest BCUT2D eigenvalue weighted by Crippen LogP contribution is 2.27. The van der Waals surface area contributed by atoms with Crippen molar-refractivity contribution in [1.82, 2.24) is 0 Å². The monoisotopic (exact) mass is 218 g/mol. The van der Waals surface area contributed by atoms with Crippen molar-refractivity contribution in [3.8, 4) is 5.75 Å². The Labute approximate surface area is 96.6 Å². The molecule has 2 heteroatoms. The molecule has 2 rings (SSSR count). The zero-order valence-electron chi connectivity index (χ0n) is 9.74. The molecule has 1 saturated carbocycles. The molecule has 1 aliphatic rings. The Kier molecular flexibility index (Phi) is 3.60. The average molecular weight is 218 g/mol. The summed E-state index contributed by atoms with van der Waals surface area (Å²) < 4.78 is 5.08. The van der Waals surface area contributed by atoms with Crippen molar-refractivity contribution in [1.29, 1.82) is 0 Å². The lowest BCUT2D eigenvalue weighted by atomic mass is 9.84. The standard InChI is InChI=1S/C14H18O2/c1-16-13-9-7-12(8-10-13)14(15)11-5-3-2-4-6-11/h7-11H,2-6H2,1H3. The lowest BCUT2D eigenvalue weighted by Gasteiger charge is -2.20. The normalized spacial score (nSPS) is 17.1. The molecule has 86 valence electrons. The summed E-state index contributed by atoms with van der Waals surface area (Å²) in [6, 6.07) is 7.46. The van der Waals surface area contributed by atoms with Crippen LogP contribution in [0.2, 0.25) is 0 Å². The van der Waals surface area contributed by atoms with Crippen LogP contribution in [0, 0.1) is 5.92 Å². The van der Waals surface area contributed by atoms with Gasteiger partial charge in [-0.15, -0.1) is 0 Å². The molecule has 0 radical (unpaired) electrons. The van der Waals surface area contributed by atoms with E-state index in [1.165, 1.54) is 19.3 Å². The second-order valence-corrected chi connectivity index (χ2v) is 4.43. The van der Waals surface area contributed by atoms with Crippen molar-refractivity contribution < 1.29 is 9.53 Å². The Morgan fingerprint density at radius 2 is 1.75 bits per heavy atom. The van der Waals surface area contributed by atoms with Crippen molar-refractivity contribution in [3.63, 3.8) is 0 Å². The Balaban J connectivity index is 2.07. The van der Waals surface area contributed by atoms with Gasteiger partial charge in [0.15, 0.2) is 5.78 Å². The molecule has 16 heavy (non-hydrogen) atoms. The van der Waals surface area contributed by atoms with Gasteiger partial charge in [0.2, 0.25) is 0 Å². The van der Waals surface area contributed by atoms with Crippen LogP contribution in [0.1, 0.15) is 42.5 Å². The van der Waals surface area contributed by atoms with Crippen LogP contribution in [0.3, 0.4) is 0 Å². The fourth-order valence-electron chi connectivity index (χ4n) is 2.36. The van der Waals surface area contributed by atoms with Gasteiger partial charge >= 0.3 is 0 Å². The third kappa shape index (κ3) is 2.43. The molecule has 1 aromatic carbocycles. The number of carbonyl (C=O) groups excluding carboxylic acids is 1. The fourth-order valence-corrected chi connectivity index (χ4v) is 2.36. The van der Waals surface area contributed by atoms with Gasteiger partial charge in [-0.2, -0.15) is 0 Å². The summed E-state index contributed by atoms with van der Waals surface area (Å²) in [4.78, 5) is 12.2. The number of ketones is 1. The van der Waals surface area contributed by atoms with Gasteiger partial charge in [0.25, 0.3) is 0 Å². The van der Waals surface area contributed by atoms with E-state index >= 15 is 0 Å². The van der Waals surface area contributed by atoms with Crippen LogP contribution < -0.4 is 4.74 Å². The Morgan fingerprint density at radius 1 is 1.12 bits per heavy atom. The van der Waals surface area contributed by atoms with Gasteiger partial charge in [0, 0.05) is 11.5 Å². The van der Waals surface area contributed by atoms with Crippen molar-refractivity contribution in [2.75, 3.05) is 7.11 Å². The molecule has 1 aliphatic carbocycles. The molecule has 0 bridgehead atoms. The predicted octanol–water partition coefficient (Wildman–Crippen LogP) is 3.46. The van der Waals surface area contributed by atoms with Gasteiger partial charge in [-0.1, -0.05) is 19.3 Å². The summed E-state index contributed by atoms with van der Waals surface area (Å²) in [5.41, 5.74) is 0.827. The van der Waals surface area contributed by atoms with Crippen LogP contribution in [-0.4, -0.2) is 12.9 Å². The number of rotatable bonds is 3. The number of carbonyl (C=O) groups is 1. The highest BCUT2D eigenvalue weighted by molar-refractivity contribution is 5.97. The molecular formula is C14H18O2. The van der Waals surface area contributed by atoms with E-state index in [2.05, 4.69) is 0 Å². The van der Waals surface area contributed by atoms with E-state index in [1.54, 1.807) is 7.11 Å². The maximum atomic E-state index is 12.2. The number of benzene rings is 1. The molecule has 0 aliphatic heterocycles. The van der Waals surface area contributed by atoms with Gasteiger partial charge < -0.3 is 4.74 Å². The van der Waals surface area contributed by atoms with Crippen molar-refractivity contribution in [2.45, 2.75) is 32.1 Å². The third-order valence-electron chi connectivity index (χ3n) is 3.35. The smallest absolute Gasteiger partial charge is 0.165 e. The first-order chi connectivity index (χ1) is 7.81. The lowest BCUT2D eigenvalue weighted by molar-refractivity contribution is 0.0889. The van der Waals surface area contributed by atoms with Crippen LogP contribution in [0.5, 0.6) is 5.75 Å². The molecule has 0 heterocycles. The van der Waals surface area contributed by atoms with Gasteiger partial charge in [-0.3, -0.25) is 4.79 Å². The van der Waals surface area contributed by atoms with Crippen LogP contribution in [0.4, 0.5) is 0 Å². The van der Waals surface area contributed by atoms with Crippen molar-refractivity contribution >= 4 is 5.78 Å². The number of hydrogen-bond acceptors (Lipinski definition) is 2. The molecule has 0 spiro atoms. The van der Waals surface area contributed by atoms with Crippen molar-refractivity contribution in [3.05, 3.63) is 29.8 Å². The summed E-state index contributed by atoms with van der Waals surface area (Å²) >= 11 is 0. The first-order valence-corrected chi connectivity index (χ1v) is 5.99. The fraction of sp³-hybridized carbons (Fsp3) is 0.500. The largest absolute Gasteiger partial charge is 0.497 e. The second kappa shape index (κ2) is 5.15. The van der Waals surface area contributed by atoms with E-state index in [-0.39, 0.29) is 5.92 Å². The highest BCUT2D eigenvalue weighted by Gasteiger charge is 2.21. The minimum atomic E-state index is 0.252. The molecule has 0 atom stereocenters. The number of methoxy groups -OCH3 is 1. The minimum Gasteiger partial charge on any atom is -0.497 e. The molecule has 0 saturated heterocycles. The van der Waals surface area contributed by atoms with E-state index < -0.39 is 0 Å². The summed E-state index contributed by atoms with van der Waals surface area (Å²) in [5, 5.41) is 0. The van der Waals surface area contributed by atoms with E-state index in [1.807, 2.05) is 24.3 Å². The van der Waals surface area contributed by atoms with Gasteiger partial charge in [0.1, 0.15) is 5.75 Å². The highest BCUT2D eigenvalue weighted by atomic mass is 16.5. The van der Waals surface area contributed by atoms with E-state index in [0.717, 1.165) is 24.2 Å². The first kappa shape index (κ1) is 11.2. The molecule has 0 aromatic heterocycles. The van der Waals surface area contributed by atoms with E-state index in [0.29, 0.717) is 5.78 Å². The molecule has 0 unspecified atom stereocenters. The topological polar surface area (TPSA) is 26.3 Å². The number of hydrogen-bond donors (Lipinski definition) is 0. The van der Waals surface area contributed by atoms with Gasteiger partial charge in [-0.25, -0.2) is 0 Å². The zero-order chi connectivity index (χ0) is 11.4. The Hall–Kier alpha value is -1.31. The van der Waals surface area contributed by atoms with Crippen LogP contribution in [-0.2, 0) is 0 Å². The predicted molar refractivity (Wildman–Crippen MR) is 63.9 cm³/mol. The molecular weight excluding hydrogens is 200 g/mol. The van der Waals surface area contributed by atoms with Crippen LogP contribution >= 0.6 is 0 Å². The molecule has 0 amide bonds. The van der Waals surface area contributed by atoms with E-state index in [4.69, 9.17) is 4.74 Å². The van der Waals surface area contributed by atoms with Gasteiger partial charge in [-0.05, 0) is 37.1 Å². The maximum Gasteiger partial charge on any atom is 0.165 e. The summed E-state index contributed by atoms with van der Waals surface area (Å²) in [6.07, 6.45) is 5.81. The molecule has 1 aromatic rings. The van der Waals surface area contributed by atoms with E-state index in [9.17, 15) is 4.79 Å². The number of Topliss-reactive ketones (excluding diaryl/α,β-unsaturated/α-hetero) is 1. The van der Waals surface area contributed by atoms with Crippen LogP contribution in [0.15, 0.2) is 24.3 Å². The van der Waals surface area contributed by atoms with Gasteiger partial charge in [0.05, 0.1) is 7.11 Å². The minimum absolute atomic E-state index is 0.252. The average Bonchev–Trinajstić information content (AvgIpc) is 2.39. The molecule has 0 N–H and O–H groups in total. The summed E-state index contributed by atoms with van der Waals surface area (Å²) in [6.45, 7) is 0. The first-order valence-electron chi connectivity index (χ1n) is 5.99. The van der Waals surface area contributed by atoms with Crippen LogP contribution in [0.25, 0.3) is 0 Å². The van der Waals surface area contributed by atoms with Crippen molar-refractivity contribution in [2.24, 2.45) is 5.92 Å². The Bertz CT molecular complexity index is 348. The number of ether oxygens (including phenoxy) is 1. The summed E-state index contributed by atoms with van der Waals surface area (Å²) in [7, 11) is 1.64. The zero-order valence-corrected chi connectivity index (χ0v) is 9.74. The SMILES string of the molecule is COc1ccc(C(=O)C2CCCCC2)cc1. The molecule has 1 fully saturated rings. The maximum absolute atomic E-state index is 12.2. The third-order valence-corrected chi connectivity index (χ3v) is 3.35.